The summed E-state index contributed by atoms with van der Waals surface area (Å²) in [7, 11) is 2.12. The van der Waals surface area contributed by atoms with E-state index in [0.29, 0.717) is 18.5 Å². The predicted molar refractivity (Wildman–Crippen MR) is 113 cm³/mol. The van der Waals surface area contributed by atoms with Crippen LogP contribution in [0.25, 0.3) is 0 Å². The second kappa shape index (κ2) is 9.00. The lowest BCUT2D eigenvalue weighted by Crippen LogP contribution is -2.35. The SMILES string of the molecule is CN1CCC(Oc2ccc(NC(=O)CCN3C(=O)[C@H]4CC=CC[C@H]4C3=O)cc2)CC1. The summed E-state index contributed by atoms with van der Waals surface area (Å²) >= 11 is 0. The Labute approximate surface area is 177 Å². The van der Waals surface area contributed by atoms with E-state index in [4.69, 9.17) is 4.74 Å². The zero-order chi connectivity index (χ0) is 21.1. The van der Waals surface area contributed by atoms with Crippen LogP contribution in [0.4, 0.5) is 5.69 Å². The van der Waals surface area contributed by atoms with E-state index in [9.17, 15) is 14.4 Å². The lowest BCUT2D eigenvalue weighted by atomic mass is 9.85. The summed E-state index contributed by atoms with van der Waals surface area (Å²) in [4.78, 5) is 40.8. The summed E-state index contributed by atoms with van der Waals surface area (Å²) in [6, 6.07) is 7.35. The van der Waals surface area contributed by atoms with Crippen molar-refractivity contribution in [1.82, 2.24) is 9.80 Å². The number of likely N-dealkylation sites (tertiary alicyclic amines) is 2. The van der Waals surface area contributed by atoms with Crippen molar-refractivity contribution in [3.63, 3.8) is 0 Å². The maximum Gasteiger partial charge on any atom is 0.233 e. The molecule has 2 heterocycles. The molecule has 3 aliphatic rings. The number of nitrogens with zero attached hydrogens (tertiary/aromatic N) is 2. The molecule has 0 spiro atoms. The fraction of sp³-hybridized carbons (Fsp3) is 0.522. The second-order valence-corrected chi connectivity index (χ2v) is 8.43. The minimum absolute atomic E-state index is 0.0954. The molecule has 1 aliphatic carbocycles. The quantitative estimate of drug-likeness (QED) is 0.575. The Balaban J connectivity index is 1.24. The Kier molecular flexibility index (Phi) is 6.18. The minimum atomic E-state index is -0.248. The van der Waals surface area contributed by atoms with Gasteiger partial charge in [-0.1, -0.05) is 12.2 Å². The number of amides is 3. The number of nitrogens with one attached hydrogen (secondary N) is 1. The van der Waals surface area contributed by atoms with Crippen LogP contribution in [-0.2, 0) is 14.4 Å². The number of anilines is 1. The zero-order valence-electron chi connectivity index (χ0n) is 17.4. The van der Waals surface area contributed by atoms with Crippen LogP contribution in [0.5, 0.6) is 5.75 Å². The first-order chi connectivity index (χ1) is 14.5. The number of ether oxygens (including phenoxy) is 1. The van der Waals surface area contributed by atoms with E-state index in [1.807, 2.05) is 36.4 Å². The van der Waals surface area contributed by atoms with Gasteiger partial charge in [-0.3, -0.25) is 19.3 Å². The number of benzene rings is 1. The van der Waals surface area contributed by atoms with Gasteiger partial charge in [-0.25, -0.2) is 0 Å². The molecule has 1 aromatic rings. The van der Waals surface area contributed by atoms with Crippen LogP contribution in [0, 0.1) is 11.8 Å². The molecule has 160 valence electrons. The van der Waals surface area contributed by atoms with Crippen molar-refractivity contribution in [1.29, 1.82) is 0 Å². The highest BCUT2D eigenvalue weighted by molar-refractivity contribution is 6.05. The molecule has 0 aromatic heterocycles. The molecule has 2 aliphatic heterocycles. The van der Waals surface area contributed by atoms with Crippen LogP contribution >= 0.6 is 0 Å². The molecule has 1 N–H and O–H groups in total. The number of fused-ring (bicyclic) bond motifs is 1. The smallest absolute Gasteiger partial charge is 0.233 e. The number of allylic oxidation sites excluding steroid dienone is 2. The highest BCUT2D eigenvalue weighted by Crippen LogP contribution is 2.35. The van der Waals surface area contributed by atoms with E-state index in [1.54, 1.807) is 0 Å². The van der Waals surface area contributed by atoms with Crippen molar-refractivity contribution < 1.29 is 19.1 Å². The van der Waals surface area contributed by atoms with Gasteiger partial charge in [0.15, 0.2) is 0 Å². The fourth-order valence-electron chi connectivity index (χ4n) is 4.44. The van der Waals surface area contributed by atoms with Crippen molar-refractivity contribution >= 4 is 23.4 Å². The van der Waals surface area contributed by atoms with Crippen LogP contribution in [-0.4, -0.2) is 60.3 Å². The normalized spacial score (nSPS) is 24.8. The van der Waals surface area contributed by atoms with Crippen molar-refractivity contribution in [3.05, 3.63) is 36.4 Å². The Morgan fingerprint density at radius 1 is 1.03 bits per heavy atom. The molecule has 1 aromatic carbocycles. The molecule has 0 unspecified atom stereocenters. The number of rotatable bonds is 6. The van der Waals surface area contributed by atoms with E-state index in [1.165, 1.54) is 4.90 Å². The van der Waals surface area contributed by atoms with Gasteiger partial charge < -0.3 is 15.0 Å². The number of piperidine rings is 1. The van der Waals surface area contributed by atoms with Crippen LogP contribution < -0.4 is 10.1 Å². The summed E-state index contributed by atoms with van der Waals surface area (Å²) in [5, 5.41) is 2.83. The van der Waals surface area contributed by atoms with Gasteiger partial charge in [-0.15, -0.1) is 0 Å². The number of hydrogen-bond acceptors (Lipinski definition) is 5. The molecular weight excluding hydrogens is 382 g/mol. The number of carbonyl (C=O) groups is 3. The molecular formula is C23H29N3O4. The van der Waals surface area contributed by atoms with Crippen LogP contribution in [0.2, 0.25) is 0 Å². The fourth-order valence-corrected chi connectivity index (χ4v) is 4.44. The van der Waals surface area contributed by atoms with E-state index >= 15 is 0 Å². The highest BCUT2D eigenvalue weighted by atomic mass is 16.5. The monoisotopic (exact) mass is 411 g/mol. The Bertz CT molecular complexity index is 801. The summed E-state index contributed by atoms with van der Waals surface area (Å²) in [6.07, 6.45) is 7.51. The first-order valence-corrected chi connectivity index (χ1v) is 10.8. The molecule has 3 amide bonds. The van der Waals surface area contributed by atoms with E-state index in [-0.39, 0.29) is 48.6 Å². The maximum absolute atomic E-state index is 12.5. The summed E-state index contributed by atoms with van der Waals surface area (Å²) in [6.45, 7) is 2.21. The summed E-state index contributed by atoms with van der Waals surface area (Å²) in [5.74, 6) is -0.194. The summed E-state index contributed by atoms with van der Waals surface area (Å²) < 4.78 is 6.02. The van der Waals surface area contributed by atoms with Gasteiger partial charge in [-0.2, -0.15) is 0 Å². The standard InChI is InChI=1S/C23H29N3O4/c1-25-13-10-18(11-14-25)30-17-8-6-16(7-9-17)24-21(27)12-15-26-22(28)19-4-2-3-5-20(19)23(26)29/h2-3,6-9,18-20H,4-5,10-15H2,1H3,(H,24,27)/t19-,20+. The Morgan fingerprint density at radius 2 is 1.63 bits per heavy atom. The number of imide groups is 1. The topological polar surface area (TPSA) is 79.0 Å². The molecule has 2 saturated heterocycles. The van der Waals surface area contributed by atoms with E-state index in [2.05, 4.69) is 17.3 Å². The third kappa shape index (κ3) is 4.56. The Hall–Kier alpha value is -2.67. The van der Waals surface area contributed by atoms with Crippen molar-refractivity contribution in [2.24, 2.45) is 11.8 Å². The van der Waals surface area contributed by atoms with Crippen LogP contribution in [0.3, 0.4) is 0 Å². The first-order valence-electron chi connectivity index (χ1n) is 10.8. The lowest BCUT2D eigenvalue weighted by molar-refractivity contribution is -0.140. The van der Waals surface area contributed by atoms with Gasteiger partial charge in [0.1, 0.15) is 11.9 Å². The van der Waals surface area contributed by atoms with Crippen LogP contribution in [0.1, 0.15) is 32.1 Å². The average molecular weight is 412 g/mol. The highest BCUT2D eigenvalue weighted by Gasteiger charge is 2.46. The van der Waals surface area contributed by atoms with E-state index in [0.717, 1.165) is 31.7 Å². The van der Waals surface area contributed by atoms with Gasteiger partial charge in [-0.05, 0) is 57.0 Å². The van der Waals surface area contributed by atoms with Gasteiger partial charge >= 0.3 is 0 Å². The van der Waals surface area contributed by atoms with Gasteiger partial charge in [0.05, 0.1) is 11.8 Å². The molecule has 7 nitrogen and oxygen atoms in total. The van der Waals surface area contributed by atoms with Crippen LogP contribution in [0.15, 0.2) is 36.4 Å². The third-order valence-electron chi connectivity index (χ3n) is 6.27. The number of carbonyl (C=O) groups excluding carboxylic acids is 3. The average Bonchev–Trinajstić information content (AvgIpc) is 3.00. The molecule has 0 bridgehead atoms. The molecule has 2 atom stereocenters. The molecule has 2 fully saturated rings. The molecule has 7 heteroatoms. The van der Waals surface area contributed by atoms with Gasteiger partial charge in [0, 0.05) is 31.7 Å². The predicted octanol–water partition coefficient (Wildman–Crippen LogP) is 2.44. The first kappa shape index (κ1) is 20.6. The van der Waals surface area contributed by atoms with Crippen molar-refractivity contribution in [2.75, 3.05) is 32.0 Å². The largest absolute Gasteiger partial charge is 0.490 e. The second-order valence-electron chi connectivity index (χ2n) is 8.43. The molecule has 30 heavy (non-hydrogen) atoms. The molecule has 4 rings (SSSR count). The minimum Gasteiger partial charge on any atom is -0.490 e. The van der Waals surface area contributed by atoms with Gasteiger partial charge in [0.2, 0.25) is 17.7 Å². The van der Waals surface area contributed by atoms with E-state index < -0.39 is 0 Å². The van der Waals surface area contributed by atoms with Crippen molar-refractivity contribution in [3.8, 4) is 5.75 Å². The summed E-state index contributed by atoms with van der Waals surface area (Å²) in [5.41, 5.74) is 0.674. The third-order valence-corrected chi connectivity index (χ3v) is 6.27. The molecule has 0 radical (unpaired) electrons. The van der Waals surface area contributed by atoms with Gasteiger partial charge in [0.25, 0.3) is 0 Å². The number of hydrogen-bond donors (Lipinski definition) is 1. The van der Waals surface area contributed by atoms with Crippen molar-refractivity contribution in [2.45, 2.75) is 38.2 Å². The zero-order valence-corrected chi connectivity index (χ0v) is 17.4. The maximum atomic E-state index is 12.5. The Morgan fingerprint density at radius 3 is 2.23 bits per heavy atom. The lowest BCUT2D eigenvalue weighted by Gasteiger charge is -2.29. The molecule has 0 saturated carbocycles.